The standard InChI is InChI=1S/C13H17F3OS/c1-7(17)10-8-4-5-12(2,3)6-9(8)11(18-10)13(14,15)16/h8,10H,4-6H2,1-3H3. The summed E-state index contributed by atoms with van der Waals surface area (Å²) in [6.45, 7) is 5.39. The maximum absolute atomic E-state index is 13.0. The first-order chi connectivity index (χ1) is 8.12. The van der Waals surface area contributed by atoms with Crippen molar-refractivity contribution >= 4 is 17.5 Å². The lowest BCUT2D eigenvalue weighted by atomic mass is 9.69. The SMILES string of the molecule is CC(=O)C1SC(C(F)(F)F)=C2CC(C)(C)CCC21. The van der Waals surface area contributed by atoms with Crippen molar-refractivity contribution in [2.24, 2.45) is 11.3 Å². The second kappa shape index (κ2) is 4.29. The number of thioether (sulfide) groups is 1. The zero-order valence-electron chi connectivity index (χ0n) is 10.7. The van der Waals surface area contributed by atoms with E-state index in [1.54, 1.807) is 0 Å². The molecule has 0 aromatic carbocycles. The third-order valence-corrected chi connectivity index (χ3v) is 5.45. The first-order valence-corrected chi connectivity index (χ1v) is 6.97. The van der Waals surface area contributed by atoms with E-state index in [4.69, 9.17) is 0 Å². The third kappa shape index (κ3) is 2.46. The molecule has 0 amide bonds. The lowest BCUT2D eigenvalue weighted by Gasteiger charge is -2.36. The van der Waals surface area contributed by atoms with Gasteiger partial charge in [0.15, 0.2) is 0 Å². The molecule has 0 saturated heterocycles. The highest BCUT2D eigenvalue weighted by Crippen LogP contribution is 2.57. The van der Waals surface area contributed by atoms with Crippen LogP contribution in [-0.2, 0) is 4.79 Å². The molecule has 1 aliphatic carbocycles. The average molecular weight is 278 g/mol. The number of alkyl halides is 3. The molecule has 2 aliphatic rings. The topological polar surface area (TPSA) is 17.1 Å². The Morgan fingerprint density at radius 1 is 1.39 bits per heavy atom. The van der Waals surface area contributed by atoms with E-state index in [1.165, 1.54) is 6.92 Å². The number of fused-ring (bicyclic) bond motifs is 1. The Bertz CT molecular complexity index is 409. The van der Waals surface area contributed by atoms with Crippen LogP contribution in [0.5, 0.6) is 0 Å². The number of carbonyl (C=O) groups excluding carboxylic acids is 1. The second-order valence-corrected chi connectivity index (χ2v) is 7.14. The highest BCUT2D eigenvalue weighted by atomic mass is 32.2. The van der Waals surface area contributed by atoms with Crippen molar-refractivity contribution in [3.8, 4) is 0 Å². The van der Waals surface area contributed by atoms with Crippen LogP contribution >= 0.6 is 11.8 Å². The van der Waals surface area contributed by atoms with E-state index in [0.717, 1.165) is 18.2 Å². The Hall–Kier alpha value is -0.450. The fraction of sp³-hybridized carbons (Fsp3) is 0.769. The van der Waals surface area contributed by atoms with E-state index >= 15 is 0 Å². The van der Waals surface area contributed by atoms with E-state index in [1.807, 2.05) is 13.8 Å². The number of allylic oxidation sites excluding steroid dienone is 2. The summed E-state index contributed by atoms with van der Waals surface area (Å²) >= 11 is 0.737. The highest BCUT2D eigenvalue weighted by molar-refractivity contribution is 8.04. The van der Waals surface area contributed by atoms with Gasteiger partial charge in [-0.2, -0.15) is 13.2 Å². The Morgan fingerprint density at radius 3 is 2.50 bits per heavy atom. The van der Waals surface area contributed by atoms with Crippen LogP contribution in [0.15, 0.2) is 10.5 Å². The van der Waals surface area contributed by atoms with Gasteiger partial charge in [-0.25, -0.2) is 0 Å². The molecule has 102 valence electrons. The predicted molar refractivity (Wildman–Crippen MR) is 66.3 cm³/mol. The molecule has 18 heavy (non-hydrogen) atoms. The fourth-order valence-electron chi connectivity index (χ4n) is 2.94. The van der Waals surface area contributed by atoms with Crippen LogP contribution < -0.4 is 0 Å². The minimum atomic E-state index is -4.31. The van der Waals surface area contributed by atoms with Crippen LogP contribution in [0, 0.1) is 11.3 Å². The first kappa shape index (κ1) is 14.0. The Kier molecular flexibility index (Phi) is 3.33. The summed E-state index contributed by atoms with van der Waals surface area (Å²) in [4.78, 5) is 11.0. The highest BCUT2D eigenvalue weighted by Gasteiger charge is 2.50. The van der Waals surface area contributed by atoms with Crippen LogP contribution in [0.1, 0.15) is 40.0 Å². The lowest BCUT2D eigenvalue weighted by Crippen LogP contribution is -2.30. The Morgan fingerprint density at radius 2 is 2.00 bits per heavy atom. The molecule has 2 atom stereocenters. The monoisotopic (exact) mass is 278 g/mol. The van der Waals surface area contributed by atoms with Crippen molar-refractivity contribution < 1.29 is 18.0 Å². The van der Waals surface area contributed by atoms with Crippen molar-refractivity contribution in [2.75, 3.05) is 0 Å². The fourth-order valence-corrected chi connectivity index (χ4v) is 4.33. The van der Waals surface area contributed by atoms with Crippen molar-refractivity contribution in [1.82, 2.24) is 0 Å². The van der Waals surface area contributed by atoms with E-state index in [9.17, 15) is 18.0 Å². The molecule has 0 aromatic heterocycles. The molecule has 1 fully saturated rings. The summed E-state index contributed by atoms with van der Waals surface area (Å²) in [5.74, 6) is -0.335. The predicted octanol–water partition coefficient (Wildman–Crippen LogP) is 4.33. The van der Waals surface area contributed by atoms with Crippen LogP contribution in [-0.4, -0.2) is 17.2 Å². The minimum absolute atomic E-state index is 0.0887. The smallest absolute Gasteiger partial charge is 0.299 e. The second-order valence-electron chi connectivity index (χ2n) is 5.99. The van der Waals surface area contributed by atoms with E-state index in [0.29, 0.717) is 18.4 Å². The largest absolute Gasteiger partial charge is 0.422 e. The van der Waals surface area contributed by atoms with Crippen LogP contribution in [0.3, 0.4) is 0 Å². The van der Waals surface area contributed by atoms with Gasteiger partial charge < -0.3 is 0 Å². The number of Topliss-reactive ketones (excluding diaryl/α,β-unsaturated/α-hetero) is 1. The zero-order valence-corrected chi connectivity index (χ0v) is 11.5. The van der Waals surface area contributed by atoms with Crippen molar-refractivity contribution in [3.63, 3.8) is 0 Å². The lowest BCUT2D eigenvalue weighted by molar-refractivity contribution is -0.117. The number of ketones is 1. The van der Waals surface area contributed by atoms with Gasteiger partial charge in [-0.1, -0.05) is 13.8 Å². The van der Waals surface area contributed by atoms with Crippen LogP contribution in [0.4, 0.5) is 13.2 Å². The van der Waals surface area contributed by atoms with E-state index in [-0.39, 0.29) is 17.1 Å². The number of hydrogen-bond acceptors (Lipinski definition) is 2. The maximum Gasteiger partial charge on any atom is 0.422 e. The minimum Gasteiger partial charge on any atom is -0.299 e. The van der Waals surface area contributed by atoms with Gasteiger partial charge >= 0.3 is 6.18 Å². The molecule has 0 radical (unpaired) electrons. The molecule has 0 aromatic rings. The molecule has 0 bridgehead atoms. The normalized spacial score (nSPS) is 31.4. The van der Waals surface area contributed by atoms with E-state index in [2.05, 4.69) is 0 Å². The van der Waals surface area contributed by atoms with Gasteiger partial charge in [0.05, 0.1) is 10.2 Å². The van der Waals surface area contributed by atoms with Gasteiger partial charge in [0.1, 0.15) is 5.78 Å². The quantitative estimate of drug-likeness (QED) is 0.710. The van der Waals surface area contributed by atoms with Gasteiger partial charge in [-0.05, 0) is 37.2 Å². The molecule has 0 spiro atoms. The Labute approximate surface area is 109 Å². The third-order valence-electron chi connectivity index (χ3n) is 3.81. The number of rotatable bonds is 1. The summed E-state index contributed by atoms with van der Waals surface area (Å²) in [5.41, 5.74) is 0.387. The molecular formula is C13H17F3OS. The molecule has 0 N–H and O–H groups in total. The molecule has 1 saturated carbocycles. The van der Waals surface area contributed by atoms with Gasteiger partial charge in [0, 0.05) is 5.92 Å². The van der Waals surface area contributed by atoms with Crippen molar-refractivity contribution in [2.45, 2.75) is 51.5 Å². The molecule has 2 rings (SSSR count). The van der Waals surface area contributed by atoms with Gasteiger partial charge in [-0.3, -0.25) is 4.79 Å². The summed E-state index contributed by atoms with van der Waals surface area (Å²) in [6.07, 6.45) is -2.27. The summed E-state index contributed by atoms with van der Waals surface area (Å²) in [7, 11) is 0. The number of carbonyl (C=O) groups is 1. The number of halogens is 3. The summed E-state index contributed by atoms with van der Waals surface area (Å²) in [5, 5.41) is -0.521. The summed E-state index contributed by atoms with van der Waals surface area (Å²) < 4.78 is 39.1. The zero-order chi connectivity index (χ0) is 13.7. The summed E-state index contributed by atoms with van der Waals surface area (Å²) in [6, 6.07) is 0. The molecule has 2 unspecified atom stereocenters. The molecule has 1 aliphatic heterocycles. The molecular weight excluding hydrogens is 261 g/mol. The van der Waals surface area contributed by atoms with E-state index < -0.39 is 16.3 Å². The van der Waals surface area contributed by atoms with Gasteiger partial charge in [-0.15, -0.1) is 11.8 Å². The first-order valence-electron chi connectivity index (χ1n) is 6.09. The molecule has 1 heterocycles. The van der Waals surface area contributed by atoms with Crippen molar-refractivity contribution in [3.05, 3.63) is 10.5 Å². The van der Waals surface area contributed by atoms with Crippen molar-refractivity contribution in [1.29, 1.82) is 0 Å². The Balaban J connectivity index is 2.38. The maximum atomic E-state index is 13.0. The van der Waals surface area contributed by atoms with Gasteiger partial charge in [0.2, 0.25) is 0 Å². The molecule has 1 nitrogen and oxygen atoms in total. The average Bonchev–Trinajstić information content (AvgIpc) is 2.53. The van der Waals surface area contributed by atoms with Gasteiger partial charge in [0.25, 0.3) is 0 Å². The molecule has 5 heteroatoms. The number of hydrogen-bond donors (Lipinski definition) is 0. The van der Waals surface area contributed by atoms with Crippen LogP contribution in [0.2, 0.25) is 0 Å². The van der Waals surface area contributed by atoms with Crippen LogP contribution in [0.25, 0.3) is 0 Å².